The van der Waals surface area contributed by atoms with E-state index in [1.54, 1.807) is 60.7 Å². The van der Waals surface area contributed by atoms with Crippen molar-refractivity contribution < 1.29 is 14.4 Å². The molecule has 3 aromatic carbocycles. The highest BCUT2D eigenvalue weighted by molar-refractivity contribution is 6.46. The Kier molecular flexibility index (Phi) is 6.00. The molecule has 0 aliphatic carbocycles. The molecule has 0 atom stereocenters. The predicted octanol–water partition coefficient (Wildman–Crippen LogP) is 6.56. The first-order chi connectivity index (χ1) is 17.6. The molecule has 0 aromatic heterocycles. The highest BCUT2D eigenvalue weighted by atomic mass is 35.5. The molecule has 2 heterocycles. The number of likely N-dealkylation sites (N-methyl/N-ethyl adjacent to an activating group) is 1. The minimum Gasteiger partial charge on any atom is -0.365 e. The maximum Gasteiger partial charge on any atom is 0.343 e. The molecule has 3 aromatic rings. The van der Waals surface area contributed by atoms with E-state index in [9.17, 15) is 14.4 Å². The Balaban J connectivity index is 1.67. The second-order valence-electron chi connectivity index (χ2n) is 9.72. The molecule has 0 radical (unpaired) electrons. The number of anilines is 3. The lowest BCUT2D eigenvalue weighted by Crippen LogP contribution is -2.57. The molecule has 0 spiro atoms. The summed E-state index contributed by atoms with van der Waals surface area (Å²) in [5.74, 6) is -1.40. The third-order valence-corrected chi connectivity index (χ3v) is 7.24. The van der Waals surface area contributed by atoms with Gasteiger partial charge in [-0.1, -0.05) is 54.1 Å². The second-order valence-corrected chi connectivity index (χ2v) is 10.1. The van der Waals surface area contributed by atoms with Gasteiger partial charge >= 0.3 is 6.03 Å². The number of urea groups is 1. The molecule has 37 heavy (non-hydrogen) atoms. The Hall–Kier alpha value is -4.16. The van der Waals surface area contributed by atoms with E-state index in [4.69, 9.17) is 11.6 Å². The molecular weight excluding hydrogens is 486 g/mol. The molecule has 1 saturated heterocycles. The molecule has 2 aliphatic rings. The number of nitrogens with zero attached hydrogens (tertiary/aromatic N) is 3. The fraction of sp³-hybridized carbons (Fsp3) is 0.167. The zero-order valence-corrected chi connectivity index (χ0v) is 21.8. The van der Waals surface area contributed by atoms with Crippen molar-refractivity contribution in [2.45, 2.75) is 26.3 Å². The van der Waals surface area contributed by atoms with Crippen LogP contribution in [-0.4, -0.2) is 30.4 Å². The molecule has 1 fully saturated rings. The van der Waals surface area contributed by atoms with Crippen LogP contribution in [-0.2, 0) is 9.59 Å². The zero-order valence-electron chi connectivity index (χ0n) is 21.0. The van der Waals surface area contributed by atoms with E-state index < -0.39 is 17.8 Å². The van der Waals surface area contributed by atoms with Crippen LogP contribution in [0.5, 0.6) is 0 Å². The molecule has 0 N–H and O–H groups in total. The van der Waals surface area contributed by atoms with Crippen molar-refractivity contribution in [2.75, 3.05) is 21.7 Å². The van der Waals surface area contributed by atoms with Crippen LogP contribution in [0.3, 0.4) is 0 Å². The minimum atomic E-state index is -0.733. The van der Waals surface area contributed by atoms with Crippen molar-refractivity contribution in [1.29, 1.82) is 0 Å². The third-order valence-electron chi connectivity index (χ3n) is 6.91. The summed E-state index contributed by atoms with van der Waals surface area (Å²) >= 11 is 6.71. The quantitative estimate of drug-likeness (QED) is 0.295. The number of fused-ring (bicyclic) bond motifs is 1. The topological polar surface area (TPSA) is 60.9 Å². The lowest BCUT2D eigenvalue weighted by Gasteiger charge is -2.41. The van der Waals surface area contributed by atoms with E-state index in [2.05, 4.69) is 24.8 Å². The number of imide groups is 2. The molecule has 4 amide bonds. The number of halogens is 1. The van der Waals surface area contributed by atoms with Gasteiger partial charge in [0.2, 0.25) is 0 Å². The Bertz CT molecular complexity index is 1430. The molecule has 7 heteroatoms. The van der Waals surface area contributed by atoms with Crippen molar-refractivity contribution >= 4 is 58.2 Å². The van der Waals surface area contributed by atoms with E-state index in [-0.39, 0.29) is 11.1 Å². The van der Waals surface area contributed by atoms with Crippen LogP contribution < -0.4 is 14.7 Å². The van der Waals surface area contributed by atoms with Gasteiger partial charge in [-0.15, -0.1) is 0 Å². The lowest BCUT2D eigenvalue weighted by molar-refractivity contribution is -0.121. The van der Waals surface area contributed by atoms with Gasteiger partial charge in [0.1, 0.15) is 5.57 Å². The molecule has 186 valence electrons. The van der Waals surface area contributed by atoms with Gasteiger partial charge in [0, 0.05) is 23.3 Å². The minimum absolute atomic E-state index is 0.153. The number of barbiturate groups is 1. The Morgan fingerprint density at radius 3 is 1.84 bits per heavy atom. The lowest BCUT2D eigenvalue weighted by atomic mass is 9.88. The number of para-hydroxylation sites is 2. The number of hydrogen-bond donors (Lipinski definition) is 0. The number of carbonyl (C=O) groups excluding carboxylic acids is 3. The summed E-state index contributed by atoms with van der Waals surface area (Å²) in [6, 6.07) is 20.2. The van der Waals surface area contributed by atoms with Crippen LogP contribution in [0.1, 0.15) is 31.9 Å². The fourth-order valence-electron chi connectivity index (χ4n) is 4.79. The van der Waals surface area contributed by atoms with Crippen molar-refractivity contribution in [3.8, 4) is 0 Å². The van der Waals surface area contributed by atoms with Gasteiger partial charge in [-0.3, -0.25) is 9.59 Å². The SMILES string of the molecule is CC1=CC(C)(C)N(C)c2cc(Cl)c(C=C3C(=O)N(c4ccccc4)C(=O)N(c4ccccc4)C3=O)cc21. The fourth-order valence-corrected chi connectivity index (χ4v) is 5.01. The number of hydrogen-bond acceptors (Lipinski definition) is 4. The van der Waals surface area contributed by atoms with Crippen LogP contribution >= 0.6 is 11.6 Å². The van der Waals surface area contributed by atoms with Gasteiger partial charge in [0.05, 0.1) is 16.9 Å². The number of carbonyl (C=O) groups is 3. The van der Waals surface area contributed by atoms with Crippen LogP contribution in [0.4, 0.5) is 21.9 Å². The summed E-state index contributed by atoms with van der Waals surface area (Å²) in [6.45, 7) is 6.27. The molecule has 5 rings (SSSR count). The third kappa shape index (κ3) is 4.13. The summed E-state index contributed by atoms with van der Waals surface area (Å²) in [4.78, 5) is 45.0. The maximum atomic E-state index is 13.7. The zero-order chi connectivity index (χ0) is 26.5. The number of rotatable bonds is 3. The number of benzene rings is 3. The van der Waals surface area contributed by atoms with E-state index in [0.717, 1.165) is 26.6 Å². The molecule has 2 aliphatic heterocycles. The Morgan fingerprint density at radius 1 is 0.811 bits per heavy atom. The van der Waals surface area contributed by atoms with Gasteiger partial charge in [0.25, 0.3) is 11.8 Å². The van der Waals surface area contributed by atoms with Gasteiger partial charge in [0.15, 0.2) is 0 Å². The molecular formula is C30H26ClN3O3. The average Bonchev–Trinajstić information content (AvgIpc) is 2.87. The first kappa shape index (κ1) is 24.5. The molecule has 6 nitrogen and oxygen atoms in total. The van der Waals surface area contributed by atoms with Gasteiger partial charge in [-0.2, -0.15) is 0 Å². The van der Waals surface area contributed by atoms with Crippen molar-refractivity contribution in [3.05, 3.63) is 101 Å². The first-order valence-corrected chi connectivity index (χ1v) is 12.3. The highest BCUT2D eigenvalue weighted by Crippen LogP contribution is 2.41. The summed E-state index contributed by atoms with van der Waals surface area (Å²) < 4.78 is 0. The summed E-state index contributed by atoms with van der Waals surface area (Å²) in [7, 11) is 2.01. The summed E-state index contributed by atoms with van der Waals surface area (Å²) in [6.07, 6.45) is 3.66. The van der Waals surface area contributed by atoms with Crippen molar-refractivity contribution in [1.82, 2.24) is 0 Å². The molecule has 0 bridgehead atoms. The van der Waals surface area contributed by atoms with E-state index >= 15 is 0 Å². The van der Waals surface area contributed by atoms with E-state index in [1.165, 1.54) is 6.08 Å². The summed E-state index contributed by atoms with van der Waals surface area (Å²) in [5, 5.41) is 0.402. The van der Waals surface area contributed by atoms with E-state index in [0.29, 0.717) is 22.0 Å². The van der Waals surface area contributed by atoms with Gasteiger partial charge < -0.3 is 4.90 Å². The van der Waals surface area contributed by atoms with Crippen molar-refractivity contribution in [3.63, 3.8) is 0 Å². The van der Waals surface area contributed by atoms with Crippen LogP contribution in [0.2, 0.25) is 5.02 Å². The predicted molar refractivity (Wildman–Crippen MR) is 149 cm³/mol. The van der Waals surface area contributed by atoms with E-state index in [1.807, 2.05) is 26.1 Å². The number of allylic oxidation sites excluding steroid dienone is 1. The van der Waals surface area contributed by atoms with Crippen LogP contribution in [0.15, 0.2) is 84.4 Å². The van der Waals surface area contributed by atoms with Gasteiger partial charge in [-0.25, -0.2) is 14.6 Å². The average molecular weight is 512 g/mol. The molecule has 0 unspecified atom stereocenters. The molecule has 0 saturated carbocycles. The standard InChI is InChI=1S/C30H26ClN3O3/c1-19-18-30(2,3)32(4)26-17-25(31)20(15-23(19)26)16-24-27(35)33(21-11-7-5-8-12-21)29(37)34(28(24)36)22-13-9-6-10-14-22/h5-18H,1-4H3. The van der Waals surface area contributed by atoms with Crippen LogP contribution in [0, 0.1) is 0 Å². The monoisotopic (exact) mass is 511 g/mol. The normalized spacial score (nSPS) is 17.1. The highest BCUT2D eigenvalue weighted by Gasteiger charge is 2.43. The smallest absolute Gasteiger partial charge is 0.343 e. The number of amides is 4. The maximum absolute atomic E-state index is 13.7. The van der Waals surface area contributed by atoms with Crippen molar-refractivity contribution in [2.24, 2.45) is 0 Å². The largest absolute Gasteiger partial charge is 0.365 e. The van der Waals surface area contributed by atoms with Gasteiger partial charge in [-0.05, 0) is 74.4 Å². The Morgan fingerprint density at radius 2 is 1.32 bits per heavy atom. The van der Waals surface area contributed by atoms with Crippen LogP contribution in [0.25, 0.3) is 11.6 Å². The first-order valence-electron chi connectivity index (χ1n) is 11.9. The second kappa shape index (κ2) is 9.05. The Labute approximate surface area is 221 Å². The summed E-state index contributed by atoms with van der Waals surface area (Å²) in [5.41, 5.74) is 3.92.